The van der Waals surface area contributed by atoms with Crippen LogP contribution in [0.5, 0.6) is 0 Å². The Morgan fingerprint density at radius 3 is 0.935 bits per heavy atom. The van der Waals surface area contributed by atoms with Gasteiger partial charge < -0.3 is 14.0 Å². The molecule has 0 saturated heterocycles. The maximum absolute atomic E-state index is 12.6. The van der Waals surface area contributed by atoms with Crippen molar-refractivity contribution in [3.05, 3.63) is 0 Å². The van der Waals surface area contributed by atoms with Crippen molar-refractivity contribution in [2.45, 2.75) is 207 Å². The van der Waals surface area contributed by atoms with Gasteiger partial charge in [0.1, 0.15) is 13.2 Å². The van der Waals surface area contributed by atoms with Crippen molar-refractivity contribution in [1.82, 2.24) is 0 Å². The Bertz CT molecular complexity index is 688. The van der Waals surface area contributed by atoms with Crippen LogP contribution in [0.2, 0.25) is 0 Å². The Morgan fingerprint density at radius 2 is 0.696 bits per heavy atom. The predicted molar refractivity (Wildman–Crippen MR) is 198 cm³/mol. The van der Waals surface area contributed by atoms with E-state index < -0.39 is 0 Å². The fraction of sp³-hybridized carbons (Fsp3) is 0.951. The molecule has 0 fully saturated rings. The second-order valence-corrected chi connectivity index (χ2v) is 15.6. The highest BCUT2D eigenvalue weighted by atomic mass is 16.5. The van der Waals surface area contributed by atoms with Gasteiger partial charge in [-0.1, -0.05) is 175 Å². The van der Waals surface area contributed by atoms with Gasteiger partial charge in [-0.25, -0.2) is 0 Å². The molecule has 0 saturated carbocycles. The molecule has 0 aromatic carbocycles. The van der Waals surface area contributed by atoms with Crippen molar-refractivity contribution >= 4 is 11.9 Å². The maximum Gasteiger partial charge on any atom is 0.305 e. The lowest BCUT2D eigenvalue weighted by Gasteiger charge is -2.37. The predicted octanol–water partition coefficient (Wildman–Crippen LogP) is 12.1. The quantitative estimate of drug-likeness (QED) is 0.0388. The molecule has 0 aliphatic heterocycles. The van der Waals surface area contributed by atoms with Crippen molar-refractivity contribution in [1.29, 1.82) is 0 Å². The highest BCUT2D eigenvalue weighted by molar-refractivity contribution is 5.69. The lowest BCUT2D eigenvalue weighted by Crippen LogP contribution is -2.49. The molecule has 0 aromatic heterocycles. The minimum atomic E-state index is -0.351. The fourth-order valence-corrected chi connectivity index (χ4v) is 6.64. The molecule has 0 heterocycles. The van der Waals surface area contributed by atoms with Gasteiger partial charge >= 0.3 is 11.9 Å². The van der Waals surface area contributed by atoms with E-state index in [-0.39, 0.29) is 17.4 Å². The molecule has 0 rings (SSSR count). The molecule has 1 unspecified atom stereocenters. The van der Waals surface area contributed by atoms with Crippen LogP contribution in [0.25, 0.3) is 0 Å². The highest BCUT2D eigenvalue weighted by Crippen LogP contribution is 2.27. The van der Waals surface area contributed by atoms with Crippen LogP contribution in [0.1, 0.15) is 207 Å². The number of carbonyl (C=O) groups excluding carboxylic acids is 2. The van der Waals surface area contributed by atoms with Crippen LogP contribution in [0.3, 0.4) is 0 Å². The third-order valence-electron chi connectivity index (χ3n) is 9.61. The van der Waals surface area contributed by atoms with E-state index in [1.54, 1.807) is 0 Å². The standard InChI is InChI=1S/C41H82NO4/c1-7-10-12-14-16-18-20-21-22-23-25-27-29-31-33-35-40(44)46-38-41(9-3,36-42(4,5)6)37-45-39(43)34-32-30-28-26-24-19-17-15-13-11-8-2/h7-38H2,1-6H3/q+1. The molecule has 5 nitrogen and oxygen atoms in total. The van der Waals surface area contributed by atoms with Crippen LogP contribution >= 0.6 is 0 Å². The molecule has 0 N–H and O–H groups in total. The lowest BCUT2D eigenvalue weighted by molar-refractivity contribution is -0.877. The number of rotatable bonds is 35. The molecular formula is C41H82NO4+. The second-order valence-electron chi connectivity index (χ2n) is 15.6. The Balaban J connectivity index is 4.10. The number of hydrogen-bond donors (Lipinski definition) is 0. The molecule has 0 aliphatic carbocycles. The van der Waals surface area contributed by atoms with Gasteiger partial charge in [0.05, 0.1) is 33.1 Å². The van der Waals surface area contributed by atoms with E-state index in [1.807, 2.05) is 0 Å². The minimum Gasteiger partial charge on any atom is -0.465 e. The van der Waals surface area contributed by atoms with Gasteiger partial charge in [-0.15, -0.1) is 0 Å². The molecule has 0 aromatic rings. The molecule has 5 heteroatoms. The third kappa shape index (κ3) is 30.2. The SMILES string of the molecule is CCCCCCCCCCCCCCCCCC(=O)OCC(CC)(COC(=O)CCCCCCCCCCCCC)C[N+](C)(C)C. The van der Waals surface area contributed by atoms with Gasteiger partial charge in [0, 0.05) is 12.8 Å². The Kier molecular flexibility index (Phi) is 30.4. The van der Waals surface area contributed by atoms with Crippen molar-refractivity contribution in [3.63, 3.8) is 0 Å². The zero-order valence-corrected chi connectivity index (χ0v) is 32.2. The average molecular weight is 653 g/mol. The molecule has 0 spiro atoms. The van der Waals surface area contributed by atoms with Gasteiger partial charge in [0.2, 0.25) is 0 Å². The number of esters is 2. The summed E-state index contributed by atoms with van der Waals surface area (Å²) in [7, 11) is 6.44. The van der Waals surface area contributed by atoms with E-state index in [1.165, 1.54) is 141 Å². The minimum absolute atomic E-state index is 0.110. The normalized spacial score (nSPS) is 13.1. The van der Waals surface area contributed by atoms with Gasteiger partial charge in [-0.2, -0.15) is 0 Å². The lowest BCUT2D eigenvalue weighted by atomic mass is 9.85. The summed E-state index contributed by atoms with van der Waals surface area (Å²) in [5.74, 6) is -0.222. The second kappa shape index (κ2) is 31.2. The van der Waals surface area contributed by atoms with Crippen LogP contribution in [0.4, 0.5) is 0 Å². The summed E-state index contributed by atoms with van der Waals surface area (Å²) in [5.41, 5.74) is -0.351. The first-order chi connectivity index (χ1) is 22.2. The first kappa shape index (κ1) is 44.9. The summed E-state index contributed by atoms with van der Waals surface area (Å²) in [4.78, 5) is 25.2. The summed E-state index contributed by atoms with van der Waals surface area (Å²) in [6, 6.07) is 0. The largest absolute Gasteiger partial charge is 0.465 e. The van der Waals surface area contributed by atoms with Crippen molar-refractivity contribution < 1.29 is 23.5 Å². The van der Waals surface area contributed by atoms with Crippen molar-refractivity contribution in [2.24, 2.45) is 5.41 Å². The fourth-order valence-electron chi connectivity index (χ4n) is 6.64. The van der Waals surface area contributed by atoms with Crippen LogP contribution in [-0.2, 0) is 19.1 Å². The van der Waals surface area contributed by atoms with E-state index in [2.05, 4.69) is 41.9 Å². The third-order valence-corrected chi connectivity index (χ3v) is 9.61. The number of quaternary nitrogens is 1. The smallest absolute Gasteiger partial charge is 0.305 e. The van der Waals surface area contributed by atoms with Crippen molar-refractivity contribution in [2.75, 3.05) is 40.9 Å². The number of carbonyl (C=O) groups is 2. The van der Waals surface area contributed by atoms with Gasteiger partial charge in [-0.05, 0) is 19.3 Å². The van der Waals surface area contributed by atoms with Gasteiger partial charge in [-0.3, -0.25) is 9.59 Å². The van der Waals surface area contributed by atoms with Crippen LogP contribution in [0.15, 0.2) is 0 Å². The van der Waals surface area contributed by atoms with Gasteiger partial charge in [0.15, 0.2) is 0 Å². The van der Waals surface area contributed by atoms with E-state index in [9.17, 15) is 9.59 Å². The molecule has 0 bridgehead atoms. The van der Waals surface area contributed by atoms with E-state index in [4.69, 9.17) is 9.47 Å². The van der Waals surface area contributed by atoms with E-state index >= 15 is 0 Å². The van der Waals surface area contributed by atoms with E-state index in [0.29, 0.717) is 26.1 Å². The first-order valence-electron chi connectivity index (χ1n) is 20.3. The van der Waals surface area contributed by atoms with Crippen LogP contribution in [0, 0.1) is 5.41 Å². The number of ether oxygens (including phenoxy) is 2. The zero-order valence-electron chi connectivity index (χ0n) is 32.2. The maximum atomic E-state index is 12.6. The molecule has 0 aliphatic rings. The van der Waals surface area contributed by atoms with E-state index in [0.717, 1.165) is 43.1 Å². The summed E-state index contributed by atoms with van der Waals surface area (Å²) >= 11 is 0. The zero-order chi connectivity index (χ0) is 34.2. The number of unbranched alkanes of at least 4 members (excludes halogenated alkanes) is 24. The number of hydrogen-bond acceptors (Lipinski definition) is 4. The molecule has 0 amide bonds. The first-order valence-corrected chi connectivity index (χ1v) is 20.3. The highest BCUT2D eigenvalue weighted by Gasteiger charge is 2.37. The molecule has 1 atom stereocenters. The summed E-state index contributed by atoms with van der Waals surface area (Å²) < 4.78 is 12.4. The van der Waals surface area contributed by atoms with Gasteiger partial charge in [0.25, 0.3) is 0 Å². The summed E-state index contributed by atoms with van der Waals surface area (Å²) in [5, 5.41) is 0. The Labute approximate surface area is 288 Å². The Morgan fingerprint density at radius 1 is 0.435 bits per heavy atom. The van der Waals surface area contributed by atoms with Crippen LogP contribution in [-0.4, -0.2) is 57.3 Å². The molecular weight excluding hydrogens is 570 g/mol. The van der Waals surface area contributed by atoms with Crippen molar-refractivity contribution in [3.8, 4) is 0 Å². The average Bonchev–Trinajstić information content (AvgIpc) is 3.02. The topological polar surface area (TPSA) is 52.6 Å². The molecule has 46 heavy (non-hydrogen) atoms. The number of nitrogens with zero attached hydrogens (tertiary/aromatic N) is 1. The summed E-state index contributed by atoms with van der Waals surface area (Å²) in [6.45, 7) is 8.10. The molecule has 0 radical (unpaired) electrons. The molecule has 274 valence electrons. The van der Waals surface area contributed by atoms with Crippen LogP contribution < -0.4 is 0 Å². The summed E-state index contributed by atoms with van der Waals surface area (Å²) in [6.07, 6.45) is 35.5. The Hall–Kier alpha value is -1.10. The monoisotopic (exact) mass is 653 g/mol.